The first-order chi connectivity index (χ1) is 9.38. The van der Waals surface area contributed by atoms with Crippen LogP contribution in [0.25, 0.3) is 16.7 Å². The molecular weight excluding hydrogens is 238 g/mol. The van der Waals surface area contributed by atoms with Crippen LogP contribution in [-0.2, 0) is 6.54 Å². The highest BCUT2D eigenvalue weighted by atomic mass is 15.3. The molecule has 0 spiro atoms. The highest BCUT2D eigenvalue weighted by Crippen LogP contribution is 2.19. The van der Waals surface area contributed by atoms with Gasteiger partial charge in [0, 0.05) is 17.5 Å². The van der Waals surface area contributed by atoms with Crippen molar-refractivity contribution < 1.29 is 0 Å². The second-order valence-corrected chi connectivity index (χ2v) is 4.28. The molecule has 5 nitrogen and oxygen atoms in total. The molecule has 3 aromatic rings. The van der Waals surface area contributed by atoms with Crippen LogP contribution < -0.4 is 5.32 Å². The molecule has 0 bridgehead atoms. The summed E-state index contributed by atoms with van der Waals surface area (Å²) in [6, 6.07) is 10.2. The predicted octanol–water partition coefficient (Wildman–Crippen LogP) is 1.92. The van der Waals surface area contributed by atoms with Gasteiger partial charge in [0.25, 0.3) is 0 Å². The average Bonchev–Trinajstić information content (AvgIpc) is 2.98. The Labute approximate surface area is 111 Å². The molecule has 0 aliphatic carbocycles. The Morgan fingerprint density at radius 3 is 2.95 bits per heavy atom. The SMILES string of the molecule is CCNCc1cc2ccccc2nc1-n1cncn1. The first-order valence-corrected chi connectivity index (χ1v) is 6.33. The van der Waals surface area contributed by atoms with Gasteiger partial charge in [-0.1, -0.05) is 25.1 Å². The molecule has 96 valence electrons. The zero-order chi connectivity index (χ0) is 13.1. The summed E-state index contributed by atoms with van der Waals surface area (Å²) < 4.78 is 1.71. The normalized spacial score (nSPS) is 11.0. The molecule has 0 amide bonds. The predicted molar refractivity (Wildman–Crippen MR) is 74.0 cm³/mol. The second kappa shape index (κ2) is 5.16. The molecule has 0 atom stereocenters. The molecule has 0 saturated heterocycles. The van der Waals surface area contributed by atoms with Crippen LogP contribution in [0.1, 0.15) is 12.5 Å². The van der Waals surface area contributed by atoms with Crippen LogP contribution in [0.15, 0.2) is 43.0 Å². The van der Waals surface area contributed by atoms with Crippen molar-refractivity contribution in [3.05, 3.63) is 48.5 Å². The number of nitrogens with one attached hydrogen (secondary N) is 1. The van der Waals surface area contributed by atoms with E-state index in [1.165, 1.54) is 6.33 Å². The zero-order valence-electron chi connectivity index (χ0n) is 10.7. The van der Waals surface area contributed by atoms with Gasteiger partial charge in [-0.3, -0.25) is 0 Å². The molecule has 1 N–H and O–H groups in total. The lowest BCUT2D eigenvalue weighted by atomic mass is 10.1. The van der Waals surface area contributed by atoms with E-state index >= 15 is 0 Å². The van der Waals surface area contributed by atoms with Crippen LogP contribution in [0.2, 0.25) is 0 Å². The van der Waals surface area contributed by atoms with E-state index in [0.29, 0.717) is 0 Å². The number of benzene rings is 1. The first kappa shape index (κ1) is 11.8. The summed E-state index contributed by atoms with van der Waals surface area (Å²) in [7, 11) is 0. The molecule has 0 radical (unpaired) electrons. The lowest BCUT2D eigenvalue weighted by Crippen LogP contribution is -2.15. The Kier molecular flexibility index (Phi) is 3.20. The summed E-state index contributed by atoms with van der Waals surface area (Å²) >= 11 is 0. The molecule has 3 rings (SSSR count). The maximum absolute atomic E-state index is 4.69. The van der Waals surface area contributed by atoms with Crippen LogP contribution in [0.3, 0.4) is 0 Å². The maximum atomic E-state index is 4.69. The third-order valence-corrected chi connectivity index (χ3v) is 2.98. The van der Waals surface area contributed by atoms with Gasteiger partial charge < -0.3 is 5.32 Å². The average molecular weight is 253 g/mol. The molecule has 0 saturated carbocycles. The van der Waals surface area contributed by atoms with Crippen molar-refractivity contribution in [2.45, 2.75) is 13.5 Å². The fraction of sp³-hybridized carbons (Fsp3) is 0.214. The molecule has 0 fully saturated rings. The van der Waals surface area contributed by atoms with E-state index in [2.05, 4.69) is 34.5 Å². The minimum atomic E-state index is 0.767. The second-order valence-electron chi connectivity index (χ2n) is 4.28. The number of hydrogen-bond acceptors (Lipinski definition) is 4. The molecule has 0 aliphatic heterocycles. The lowest BCUT2D eigenvalue weighted by molar-refractivity contribution is 0.712. The molecule has 0 aliphatic rings. The van der Waals surface area contributed by atoms with Crippen LogP contribution in [0, 0.1) is 0 Å². The Morgan fingerprint density at radius 1 is 1.26 bits per heavy atom. The van der Waals surface area contributed by atoms with Gasteiger partial charge in [-0.05, 0) is 18.7 Å². The van der Waals surface area contributed by atoms with Crippen LogP contribution in [0.4, 0.5) is 0 Å². The van der Waals surface area contributed by atoms with Gasteiger partial charge in [0.2, 0.25) is 0 Å². The molecule has 2 aromatic heterocycles. The third-order valence-electron chi connectivity index (χ3n) is 2.98. The quantitative estimate of drug-likeness (QED) is 0.772. The molecule has 2 heterocycles. The van der Waals surface area contributed by atoms with E-state index in [4.69, 9.17) is 4.98 Å². The Balaban J connectivity index is 2.15. The molecule has 0 unspecified atom stereocenters. The monoisotopic (exact) mass is 253 g/mol. The fourth-order valence-corrected chi connectivity index (χ4v) is 2.06. The third kappa shape index (κ3) is 2.32. The molecule has 19 heavy (non-hydrogen) atoms. The summed E-state index contributed by atoms with van der Waals surface area (Å²) in [5.41, 5.74) is 2.08. The summed E-state index contributed by atoms with van der Waals surface area (Å²) in [5.74, 6) is 0.831. The van der Waals surface area contributed by atoms with Crippen molar-refractivity contribution in [2.24, 2.45) is 0 Å². The van der Waals surface area contributed by atoms with Crippen LogP contribution in [0.5, 0.6) is 0 Å². The van der Waals surface area contributed by atoms with Gasteiger partial charge in [-0.15, -0.1) is 0 Å². The van der Waals surface area contributed by atoms with E-state index in [1.807, 2.05) is 18.2 Å². The van der Waals surface area contributed by atoms with Crippen molar-refractivity contribution in [3.63, 3.8) is 0 Å². The number of para-hydroxylation sites is 1. The number of aromatic nitrogens is 4. The van der Waals surface area contributed by atoms with Gasteiger partial charge in [0.15, 0.2) is 5.82 Å². The smallest absolute Gasteiger partial charge is 0.160 e. The number of fused-ring (bicyclic) bond motifs is 1. The van der Waals surface area contributed by atoms with E-state index < -0.39 is 0 Å². The van der Waals surface area contributed by atoms with E-state index in [9.17, 15) is 0 Å². The largest absolute Gasteiger partial charge is 0.313 e. The van der Waals surface area contributed by atoms with Crippen molar-refractivity contribution in [1.29, 1.82) is 0 Å². The maximum Gasteiger partial charge on any atom is 0.160 e. The van der Waals surface area contributed by atoms with Crippen molar-refractivity contribution in [2.75, 3.05) is 6.54 Å². The fourth-order valence-electron chi connectivity index (χ4n) is 2.06. The van der Waals surface area contributed by atoms with Gasteiger partial charge in [0.05, 0.1) is 5.52 Å². The molecular formula is C14H15N5. The number of pyridine rings is 1. The Hall–Kier alpha value is -2.27. The minimum Gasteiger partial charge on any atom is -0.313 e. The van der Waals surface area contributed by atoms with Gasteiger partial charge in [0.1, 0.15) is 12.7 Å². The lowest BCUT2D eigenvalue weighted by Gasteiger charge is -2.10. The van der Waals surface area contributed by atoms with Gasteiger partial charge >= 0.3 is 0 Å². The van der Waals surface area contributed by atoms with Gasteiger partial charge in [-0.2, -0.15) is 5.10 Å². The van der Waals surface area contributed by atoms with Gasteiger partial charge in [-0.25, -0.2) is 14.6 Å². The van der Waals surface area contributed by atoms with Crippen molar-refractivity contribution in [3.8, 4) is 5.82 Å². The summed E-state index contributed by atoms with van der Waals surface area (Å²) in [4.78, 5) is 8.68. The topological polar surface area (TPSA) is 55.6 Å². The van der Waals surface area contributed by atoms with Crippen LogP contribution in [-0.4, -0.2) is 26.3 Å². The number of rotatable bonds is 4. The van der Waals surface area contributed by atoms with E-state index in [-0.39, 0.29) is 0 Å². The van der Waals surface area contributed by atoms with Crippen molar-refractivity contribution in [1.82, 2.24) is 25.1 Å². The summed E-state index contributed by atoms with van der Waals surface area (Å²) in [6.07, 6.45) is 3.19. The summed E-state index contributed by atoms with van der Waals surface area (Å²) in [5, 5.41) is 8.65. The van der Waals surface area contributed by atoms with E-state index in [1.54, 1.807) is 11.0 Å². The highest BCUT2D eigenvalue weighted by molar-refractivity contribution is 5.80. The molecule has 1 aromatic carbocycles. The Morgan fingerprint density at radius 2 is 2.16 bits per heavy atom. The highest BCUT2D eigenvalue weighted by Gasteiger charge is 2.09. The minimum absolute atomic E-state index is 0.767. The number of hydrogen-bond donors (Lipinski definition) is 1. The van der Waals surface area contributed by atoms with Crippen molar-refractivity contribution >= 4 is 10.9 Å². The Bertz CT molecular complexity index is 675. The standard InChI is InChI=1S/C14H15N5/c1-2-15-8-12-7-11-5-3-4-6-13(11)18-14(12)19-10-16-9-17-19/h3-7,9-10,15H,2,8H2,1H3. The van der Waals surface area contributed by atoms with Crippen LogP contribution >= 0.6 is 0 Å². The number of nitrogens with zero attached hydrogens (tertiary/aromatic N) is 4. The first-order valence-electron chi connectivity index (χ1n) is 6.33. The van der Waals surface area contributed by atoms with E-state index in [0.717, 1.165) is 35.4 Å². The zero-order valence-corrected chi connectivity index (χ0v) is 10.7. The molecule has 5 heteroatoms. The summed E-state index contributed by atoms with van der Waals surface area (Å²) in [6.45, 7) is 3.77.